The Morgan fingerprint density at radius 2 is 2.08 bits per heavy atom. The van der Waals surface area contributed by atoms with Crippen molar-refractivity contribution in [1.82, 2.24) is 24.6 Å². The van der Waals surface area contributed by atoms with Gasteiger partial charge in [0.2, 0.25) is 0 Å². The smallest absolute Gasteiger partial charge is 0.367 e. The Kier molecular flexibility index (Phi) is 3.78. The highest BCUT2D eigenvalue weighted by atomic mass is 19.4. The minimum absolute atomic E-state index is 0.240. The van der Waals surface area contributed by atoms with Gasteiger partial charge in [-0.3, -0.25) is 9.50 Å². The van der Waals surface area contributed by atoms with Crippen LogP contribution in [0, 0.1) is 0 Å². The van der Waals surface area contributed by atoms with Crippen LogP contribution in [0.5, 0.6) is 0 Å². The van der Waals surface area contributed by atoms with E-state index >= 15 is 0 Å². The van der Waals surface area contributed by atoms with Crippen LogP contribution in [-0.2, 0) is 6.18 Å². The van der Waals surface area contributed by atoms with Crippen molar-refractivity contribution < 1.29 is 13.2 Å². The molecule has 0 aliphatic carbocycles. The highest BCUT2D eigenvalue weighted by Crippen LogP contribution is 2.33. The zero-order chi connectivity index (χ0) is 18.3. The summed E-state index contributed by atoms with van der Waals surface area (Å²) in [6.45, 7) is 2.63. The third kappa shape index (κ3) is 2.65. The first-order valence-corrected chi connectivity index (χ1v) is 8.11. The van der Waals surface area contributed by atoms with Gasteiger partial charge in [-0.25, -0.2) is 9.97 Å². The molecule has 1 aromatic carbocycles. The van der Waals surface area contributed by atoms with E-state index in [4.69, 9.17) is 0 Å². The Labute approximate surface area is 146 Å². The fraction of sp³-hybridized carbons (Fsp3) is 0.235. The van der Waals surface area contributed by atoms with Gasteiger partial charge in [-0.1, -0.05) is 6.92 Å². The highest BCUT2D eigenvalue weighted by molar-refractivity contribution is 5.86. The Hall–Kier alpha value is -3.10. The SMILES string of the molecule is CCCNc1nc2cc(C(F)(F)F)ccc2n2c(-c3ccn[nH]3)cnc12. The van der Waals surface area contributed by atoms with Crippen molar-refractivity contribution >= 4 is 22.5 Å². The van der Waals surface area contributed by atoms with Crippen LogP contribution in [0.2, 0.25) is 0 Å². The number of hydrogen-bond acceptors (Lipinski definition) is 4. The van der Waals surface area contributed by atoms with Gasteiger partial charge >= 0.3 is 6.18 Å². The molecule has 3 aromatic heterocycles. The van der Waals surface area contributed by atoms with Crippen molar-refractivity contribution in [1.29, 1.82) is 0 Å². The first-order chi connectivity index (χ1) is 12.5. The number of H-pyrrole nitrogens is 1. The second kappa shape index (κ2) is 6.01. The quantitative estimate of drug-likeness (QED) is 0.574. The number of nitrogens with zero attached hydrogens (tertiary/aromatic N) is 4. The predicted octanol–water partition coefficient (Wildman–Crippen LogP) is 4.11. The fourth-order valence-corrected chi connectivity index (χ4v) is 2.86. The molecule has 9 heteroatoms. The van der Waals surface area contributed by atoms with Crippen LogP contribution in [0.25, 0.3) is 28.1 Å². The summed E-state index contributed by atoms with van der Waals surface area (Å²) in [6, 6.07) is 5.31. The van der Waals surface area contributed by atoms with Crippen LogP contribution < -0.4 is 5.32 Å². The number of aromatic amines is 1. The van der Waals surface area contributed by atoms with Crippen LogP contribution in [0.15, 0.2) is 36.7 Å². The lowest BCUT2D eigenvalue weighted by atomic mass is 10.2. The van der Waals surface area contributed by atoms with Crippen LogP contribution in [-0.4, -0.2) is 31.1 Å². The number of imidazole rings is 1. The minimum Gasteiger partial charge on any atom is -0.367 e. The molecule has 0 radical (unpaired) electrons. The summed E-state index contributed by atoms with van der Waals surface area (Å²) in [6.07, 6.45) is -0.319. The van der Waals surface area contributed by atoms with E-state index in [-0.39, 0.29) is 5.52 Å². The molecule has 26 heavy (non-hydrogen) atoms. The summed E-state index contributed by atoms with van der Waals surface area (Å²) >= 11 is 0. The predicted molar refractivity (Wildman–Crippen MR) is 91.9 cm³/mol. The average molecular weight is 360 g/mol. The largest absolute Gasteiger partial charge is 0.416 e. The number of rotatable bonds is 4. The number of hydrogen-bond donors (Lipinski definition) is 2. The van der Waals surface area contributed by atoms with Crippen molar-refractivity contribution in [2.45, 2.75) is 19.5 Å². The second-order valence-corrected chi connectivity index (χ2v) is 5.86. The number of nitrogens with one attached hydrogen (secondary N) is 2. The molecule has 3 heterocycles. The number of aromatic nitrogens is 5. The second-order valence-electron chi connectivity index (χ2n) is 5.86. The van der Waals surface area contributed by atoms with E-state index in [0.29, 0.717) is 34.9 Å². The Morgan fingerprint density at radius 1 is 1.23 bits per heavy atom. The molecule has 0 saturated heterocycles. The molecule has 0 aliphatic heterocycles. The molecule has 134 valence electrons. The first kappa shape index (κ1) is 16.4. The number of alkyl halides is 3. The van der Waals surface area contributed by atoms with E-state index < -0.39 is 11.7 Å². The summed E-state index contributed by atoms with van der Waals surface area (Å²) in [5.74, 6) is 0.449. The number of anilines is 1. The molecule has 4 rings (SSSR count). The Morgan fingerprint density at radius 3 is 2.77 bits per heavy atom. The van der Waals surface area contributed by atoms with Crippen LogP contribution in [0.3, 0.4) is 0 Å². The van der Waals surface area contributed by atoms with E-state index in [1.165, 1.54) is 6.07 Å². The van der Waals surface area contributed by atoms with E-state index in [1.807, 2.05) is 6.92 Å². The molecule has 0 spiro atoms. The lowest BCUT2D eigenvalue weighted by Gasteiger charge is -2.12. The Balaban J connectivity index is 2.03. The molecule has 0 fully saturated rings. The zero-order valence-corrected chi connectivity index (χ0v) is 13.8. The number of halogens is 3. The van der Waals surface area contributed by atoms with E-state index in [0.717, 1.165) is 18.6 Å². The maximum absolute atomic E-state index is 13.1. The van der Waals surface area contributed by atoms with Crippen molar-refractivity contribution in [2.75, 3.05) is 11.9 Å². The van der Waals surface area contributed by atoms with Crippen molar-refractivity contribution in [3.05, 3.63) is 42.2 Å². The molecule has 6 nitrogen and oxygen atoms in total. The van der Waals surface area contributed by atoms with Crippen molar-refractivity contribution in [3.63, 3.8) is 0 Å². The van der Waals surface area contributed by atoms with Crippen molar-refractivity contribution in [2.24, 2.45) is 0 Å². The van der Waals surface area contributed by atoms with Gasteiger partial charge in [-0.05, 0) is 30.7 Å². The average Bonchev–Trinajstić information content (AvgIpc) is 3.27. The minimum atomic E-state index is -4.43. The molecular formula is C17H15F3N6. The Bertz CT molecular complexity index is 1070. The van der Waals surface area contributed by atoms with Gasteiger partial charge in [0.05, 0.1) is 34.2 Å². The van der Waals surface area contributed by atoms with Crippen molar-refractivity contribution in [3.8, 4) is 11.4 Å². The number of fused-ring (bicyclic) bond motifs is 3. The molecule has 0 aliphatic rings. The van der Waals surface area contributed by atoms with Gasteiger partial charge in [-0.15, -0.1) is 0 Å². The van der Waals surface area contributed by atoms with E-state index in [9.17, 15) is 13.2 Å². The maximum Gasteiger partial charge on any atom is 0.416 e. The van der Waals surface area contributed by atoms with Crippen LogP contribution >= 0.6 is 0 Å². The van der Waals surface area contributed by atoms with Crippen LogP contribution in [0.1, 0.15) is 18.9 Å². The zero-order valence-electron chi connectivity index (χ0n) is 13.8. The topological polar surface area (TPSA) is 70.9 Å². The molecule has 0 unspecified atom stereocenters. The van der Waals surface area contributed by atoms with Gasteiger partial charge in [0, 0.05) is 12.7 Å². The summed E-state index contributed by atoms with van der Waals surface area (Å²) in [7, 11) is 0. The number of benzene rings is 1. The summed E-state index contributed by atoms with van der Waals surface area (Å²) in [4.78, 5) is 8.81. The monoisotopic (exact) mass is 360 g/mol. The lowest BCUT2D eigenvalue weighted by molar-refractivity contribution is -0.137. The summed E-state index contributed by atoms with van der Waals surface area (Å²) < 4.78 is 41.1. The van der Waals surface area contributed by atoms with E-state index in [1.54, 1.807) is 22.9 Å². The molecule has 0 amide bonds. The van der Waals surface area contributed by atoms with Crippen LogP contribution in [0.4, 0.5) is 19.0 Å². The molecule has 2 N–H and O–H groups in total. The summed E-state index contributed by atoms with van der Waals surface area (Å²) in [5.41, 5.74) is 2.01. The van der Waals surface area contributed by atoms with Gasteiger partial charge in [0.25, 0.3) is 0 Å². The molecular weight excluding hydrogens is 345 g/mol. The lowest BCUT2D eigenvalue weighted by Crippen LogP contribution is -2.08. The summed E-state index contributed by atoms with van der Waals surface area (Å²) in [5, 5.41) is 9.95. The molecule has 0 atom stereocenters. The standard InChI is InChI=1S/C17H15F3N6/c1-2-6-21-15-16-22-9-14(11-5-7-23-25-11)26(16)13-4-3-10(17(18,19)20)8-12(13)24-15/h3-5,7-9H,2,6H2,1H3,(H,21,24)(H,23,25). The maximum atomic E-state index is 13.1. The first-order valence-electron chi connectivity index (χ1n) is 8.11. The highest BCUT2D eigenvalue weighted by Gasteiger charge is 2.31. The fourth-order valence-electron chi connectivity index (χ4n) is 2.86. The van der Waals surface area contributed by atoms with Gasteiger partial charge in [0.1, 0.15) is 0 Å². The molecule has 0 saturated carbocycles. The molecule has 0 bridgehead atoms. The van der Waals surface area contributed by atoms with E-state index in [2.05, 4.69) is 25.5 Å². The van der Waals surface area contributed by atoms with Gasteiger partial charge in [-0.2, -0.15) is 18.3 Å². The third-order valence-corrected chi connectivity index (χ3v) is 4.07. The third-order valence-electron chi connectivity index (χ3n) is 4.07. The molecule has 4 aromatic rings. The van der Waals surface area contributed by atoms with Gasteiger partial charge < -0.3 is 5.32 Å². The normalized spacial score (nSPS) is 12.2. The van der Waals surface area contributed by atoms with Gasteiger partial charge in [0.15, 0.2) is 11.5 Å².